The maximum absolute atomic E-state index is 11.4. The Hall–Kier alpha value is -1.10. The molecule has 0 atom stereocenters. The van der Waals surface area contributed by atoms with Gasteiger partial charge in [-0.3, -0.25) is 0 Å². The summed E-state index contributed by atoms with van der Waals surface area (Å²) in [5.41, 5.74) is -0.314. The predicted octanol–water partition coefficient (Wildman–Crippen LogP) is 2.73. The van der Waals surface area contributed by atoms with Crippen LogP contribution in [0, 0.1) is 0 Å². The van der Waals surface area contributed by atoms with Gasteiger partial charge < -0.3 is 10.1 Å². The minimum atomic E-state index is -0.490. The fourth-order valence-corrected chi connectivity index (χ4v) is 1.21. The number of hydrogen-bond acceptors (Lipinski definition) is 3. The standard InChI is InChI=1S/C10H13BrN2O2/c1-10(2,3)13-9(14)15-7-5-4-6-12-8(7)11/h4-6H,1-3H3,(H,13,14). The van der Waals surface area contributed by atoms with Crippen LogP contribution >= 0.6 is 15.9 Å². The minimum absolute atomic E-state index is 0.314. The predicted molar refractivity (Wildman–Crippen MR) is 60.8 cm³/mol. The van der Waals surface area contributed by atoms with Crippen LogP contribution < -0.4 is 10.1 Å². The lowest BCUT2D eigenvalue weighted by atomic mass is 10.1. The van der Waals surface area contributed by atoms with Crippen molar-refractivity contribution in [2.75, 3.05) is 0 Å². The molecule has 0 saturated carbocycles. The second-order valence-electron chi connectivity index (χ2n) is 4.06. The number of carbonyl (C=O) groups is 1. The fourth-order valence-electron chi connectivity index (χ4n) is 0.879. The molecule has 82 valence electrons. The van der Waals surface area contributed by atoms with Crippen LogP contribution in [0.5, 0.6) is 5.75 Å². The molecule has 0 fully saturated rings. The zero-order valence-corrected chi connectivity index (χ0v) is 10.5. The van der Waals surface area contributed by atoms with E-state index >= 15 is 0 Å². The van der Waals surface area contributed by atoms with Crippen LogP contribution in [0.4, 0.5) is 4.79 Å². The summed E-state index contributed by atoms with van der Waals surface area (Å²) in [5.74, 6) is 0.402. The molecule has 1 amide bonds. The Morgan fingerprint density at radius 1 is 1.53 bits per heavy atom. The number of carbonyl (C=O) groups excluding carboxylic acids is 1. The highest BCUT2D eigenvalue weighted by Gasteiger charge is 2.16. The molecule has 0 aliphatic carbocycles. The van der Waals surface area contributed by atoms with Crippen LogP contribution in [-0.2, 0) is 0 Å². The second-order valence-corrected chi connectivity index (χ2v) is 4.81. The summed E-state index contributed by atoms with van der Waals surface area (Å²) in [6, 6.07) is 3.36. The number of rotatable bonds is 1. The number of ether oxygens (including phenoxy) is 1. The van der Waals surface area contributed by atoms with E-state index in [0.717, 1.165) is 0 Å². The molecule has 15 heavy (non-hydrogen) atoms. The van der Waals surface area contributed by atoms with E-state index in [1.54, 1.807) is 18.3 Å². The quantitative estimate of drug-likeness (QED) is 0.800. The van der Waals surface area contributed by atoms with Gasteiger partial charge in [0.1, 0.15) is 4.60 Å². The molecular formula is C10H13BrN2O2. The van der Waals surface area contributed by atoms with Gasteiger partial charge in [0, 0.05) is 11.7 Å². The molecular weight excluding hydrogens is 260 g/mol. The van der Waals surface area contributed by atoms with Gasteiger partial charge in [0.25, 0.3) is 0 Å². The molecule has 1 aromatic rings. The van der Waals surface area contributed by atoms with E-state index in [0.29, 0.717) is 10.4 Å². The fraction of sp³-hybridized carbons (Fsp3) is 0.400. The van der Waals surface area contributed by atoms with Gasteiger partial charge in [-0.05, 0) is 48.8 Å². The Labute approximate surface area is 97.2 Å². The first-order chi connectivity index (χ1) is 6.88. The molecule has 1 N–H and O–H groups in total. The molecule has 0 saturated heterocycles. The molecule has 0 unspecified atom stereocenters. The molecule has 0 aliphatic heterocycles. The maximum atomic E-state index is 11.4. The molecule has 4 nitrogen and oxygen atoms in total. The van der Waals surface area contributed by atoms with Crippen LogP contribution in [0.15, 0.2) is 22.9 Å². The molecule has 0 aromatic carbocycles. The van der Waals surface area contributed by atoms with Crippen LogP contribution in [0.3, 0.4) is 0 Å². The number of halogens is 1. The first-order valence-electron chi connectivity index (χ1n) is 4.49. The Bertz CT molecular complexity index is 361. The third-order valence-electron chi connectivity index (χ3n) is 1.40. The summed E-state index contributed by atoms with van der Waals surface area (Å²) < 4.78 is 5.57. The Balaban J connectivity index is 2.64. The summed E-state index contributed by atoms with van der Waals surface area (Å²) in [4.78, 5) is 15.3. The number of pyridine rings is 1. The van der Waals surface area contributed by atoms with Gasteiger partial charge in [-0.2, -0.15) is 0 Å². The monoisotopic (exact) mass is 272 g/mol. The molecule has 0 radical (unpaired) electrons. The lowest BCUT2D eigenvalue weighted by Crippen LogP contribution is -2.42. The van der Waals surface area contributed by atoms with Crippen molar-refractivity contribution in [2.24, 2.45) is 0 Å². The van der Waals surface area contributed by atoms with Crippen molar-refractivity contribution >= 4 is 22.0 Å². The van der Waals surface area contributed by atoms with Crippen LogP contribution in [0.25, 0.3) is 0 Å². The number of amides is 1. The highest BCUT2D eigenvalue weighted by atomic mass is 79.9. The highest BCUT2D eigenvalue weighted by Crippen LogP contribution is 2.21. The SMILES string of the molecule is CC(C)(C)NC(=O)Oc1cccnc1Br. The number of aromatic nitrogens is 1. The minimum Gasteiger partial charge on any atom is -0.407 e. The Kier molecular flexibility index (Phi) is 3.68. The van der Waals surface area contributed by atoms with Gasteiger partial charge in [-0.25, -0.2) is 9.78 Å². The van der Waals surface area contributed by atoms with Crippen molar-refractivity contribution in [2.45, 2.75) is 26.3 Å². The van der Waals surface area contributed by atoms with E-state index in [1.165, 1.54) is 0 Å². The Morgan fingerprint density at radius 3 is 2.73 bits per heavy atom. The molecule has 1 aromatic heterocycles. The smallest absolute Gasteiger partial charge is 0.407 e. The third kappa shape index (κ3) is 4.29. The molecule has 0 spiro atoms. The van der Waals surface area contributed by atoms with Crippen LogP contribution in [0.2, 0.25) is 0 Å². The van der Waals surface area contributed by atoms with E-state index in [4.69, 9.17) is 4.74 Å². The summed E-state index contributed by atoms with van der Waals surface area (Å²) in [5, 5.41) is 2.69. The molecule has 0 aliphatic rings. The van der Waals surface area contributed by atoms with Crippen molar-refractivity contribution < 1.29 is 9.53 Å². The van der Waals surface area contributed by atoms with Crippen LogP contribution in [0.1, 0.15) is 20.8 Å². The normalized spacial score (nSPS) is 10.9. The summed E-state index contributed by atoms with van der Waals surface area (Å²) in [7, 11) is 0. The van der Waals surface area contributed by atoms with Gasteiger partial charge in [0.2, 0.25) is 0 Å². The lowest BCUT2D eigenvalue weighted by molar-refractivity contribution is 0.190. The third-order valence-corrected chi connectivity index (χ3v) is 2.00. The average molecular weight is 273 g/mol. The van der Waals surface area contributed by atoms with Crippen LogP contribution in [-0.4, -0.2) is 16.6 Å². The molecule has 1 heterocycles. The highest BCUT2D eigenvalue weighted by molar-refractivity contribution is 9.10. The second kappa shape index (κ2) is 4.61. The molecule has 5 heteroatoms. The number of hydrogen-bond donors (Lipinski definition) is 1. The summed E-state index contributed by atoms with van der Waals surface area (Å²) in [6.45, 7) is 5.64. The topological polar surface area (TPSA) is 51.2 Å². The Morgan fingerprint density at radius 2 is 2.20 bits per heavy atom. The lowest BCUT2D eigenvalue weighted by Gasteiger charge is -2.19. The summed E-state index contributed by atoms with van der Waals surface area (Å²) in [6.07, 6.45) is 1.12. The zero-order chi connectivity index (χ0) is 11.5. The van der Waals surface area contributed by atoms with Crippen molar-refractivity contribution in [1.29, 1.82) is 0 Å². The average Bonchev–Trinajstić information content (AvgIpc) is 2.05. The van der Waals surface area contributed by atoms with Gasteiger partial charge in [-0.1, -0.05) is 0 Å². The van der Waals surface area contributed by atoms with Crippen molar-refractivity contribution in [3.8, 4) is 5.75 Å². The van der Waals surface area contributed by atoms with E-state index < -0.39 is 6.09 Å². The van der Waals surface area contributed by atoms with Crippen molar-refractivity contribution in [3.63, 3.8) is 0 Å². The van der Waals surface area contributed by atoms with E-state index in [1.807, 2.05) is 20.8 Å². The van der Waals surface area contributed by atoms with E-state index in [9.17, 15) is 4.79 Å². The van der Waals surface area contributed by atoms with E-state index in [2.05, 4.69) is 26.2 Å². The summed E-state index contributed by atoms with van der Waals surface area (Å²) >= 11 is 3.19. The van der Waals surface area contributed by atoms with Crippen molar-refractivity contribution in [1.82, 2.24) is 10.3 Å². The van der Waals surface area contributed by atoms with Gasteiger partial charge in [-0.15, -0.1) is 0 Å². The molecule has 1 rings (SSSR count). The maximum Gasteiger partial charge on any atom is 0.413 e. The van der Waals surface area contributed by atoms with Gasteiger partial charge >= 0.3 is 6.09 Å². The van der Waals surface area contributed by atoms with Gasteiger partial charge in [0.05, 0.1) is 0 Å². The zero-order valence-electron chi connectivity index (χ0n) is 8.87. The van der Waals surface area contributed by atoms with Gasteiger partial charge in [0.15, 0.2) is 5.75 Å². The number of nitrogens with one attached hydrogen (secondary N) is 1. The largest absolute Gasteiger partial charge is 0.413 e. The first-order valence-corrected chi connectivity index (χ1v) is 5.28. The van der Waals surface area contributed by atoms with E-state index in [-0.39, 0.29) is 5.54 Å². The first kappa shape index (κ1) is 12.0. The number of nitrogens with zero attached hydrogens (tertiary/aromatic N) is 1. The van der Waals surface area contributed by atoms with Crippen molar-refractivity contribution in [3.05, 3.63) is 22.9 Å². The molecule has 0 bridgehead atoms.